The molecule has 4 rings (SSSR count). The van der Waals surface area contributed by atoms with Crippen LogP contribution in [0.4, 0.5) is 4.79 Å². The fourth-order valence-corrected chi connectivity index (χ4v) is 3.28. The maximum Gasteiger partial charge on any atom is 0.408 e. The number of benzene rings is 2. The minimum Gasteiger partial charge on any atom is -0.436 e. The number of cyclic esters (lactones) is 1. The number of aromatic nitrogens is 1. The SMILES string of the molecule is CC1(c2ccccc2)OC(=O)N[C@@H]1c1cncc(C#Cc2ccccc2)c1. The molecule has 0 aliphatic carbocycles. The highest BCUT2D eigenvalue weighted by Crippen LogP contribution is 2.42. The second kappa shape index (κ2) is 6.97. The van der Waals surface area contributed by atoms with Crippen LogP contribution in [0.15, 0.2) is 79.1 Å². The molecule has 2 atom stereocenters. The minimum absolute atomic E-state index is 0.349. The molecule has 4 nitrogen and oxygen atoms in total. The number of ether oxygens (including phenoxy) is 1. The highest BCUT2D eigenvalue weighted by Gasteiger charge is 2.47. The Bertz CT molecular complexity index is 1020. The Labute approximate surface area is 158 Å². The van der Waals surface area contributed by atoms with Crippen LogP contribution in [0.3, 0.4) is 0 Å². The van der Waals surface area contributed by atoms with Crippen LogP contribution in [-0.2, 0) is 10.3 Å². The van der Waals surface area contributed by atoms with Gasteiger partial charge in [0.1, 0.15) is 6.04 Å². The molecule has 0 radical (unpaired) electrons. The molecule has 1 aromatic heterocycles. The molecule has 0 saturated carbocycles. The predicted molar refractivity (Wildman–Crippen MR) is 103 cm³/mol. The van der Waals surface area contributed by atoms with Gasteiger partial charge >= 0.3 is 6.09 Å². The lowest BCUT2D eigenvalue weighted by molar-refractivity contribution is 0.0494. The number of alkyl carbamates (subject to hydrolysis) is 1. The first-order valence-corrected chi connectivity index (χ1v) is 8.72. The van der Waals surface area contributed by atoms with Crippen LogP contribution >= 0.6 is 0 Å². The van der Waals surface area contributed by atoms with Crippen molar-refractivity contribution in [2.45, 2.75) is 18.6 Å². The average Bonchev–Trinajstić information content (AvgIpc) is 3.04. The van der Waals surface area contributed by atoms with E-state index in [2.05, 4.69) is 22.1 Å². The van der Waals surface area contributed by atoms with E-state index in [0.29, 0.717) is 0 Å². The summed E-state index contributed by atoms with van der Waals surface area (Å²) in [4.78, 5) is 16.3. The number of rotatable bonds is 2. The van der Waals surface area contributed by atoms with Gasteiger partial charge in [-0.3, -0.25) is 4.98 Å². The minimum atomic E-state index is -0.814. The summed E-state index contributed by atoms with van der Waals surface area (Å²) in [7, 11) is 0. The summed E-state index contributed by atoms with van der Waals surface area (Å²) in [6.45, 7) is 1.91. The zero-order valence-electron chi connectivity index (χ0n) is 14.8. The van der Waals surface area contributed by atoms with Gasteiger partial charge in [-0.25, -0.2) is 4.79 Å². The molecule has 1 saturated heterocycles. The van der Waals surface area contributed by atoms with Crippen molar-refractivity contribution in [2.24, 2.45) is 0 Å². The second-order valence-electron chi connectivity index (χ2n) is 6.56. The quantitative estimate of drug-likeness (QED) is 0.703. The molecule has 27 heavy (non-hydrogen) atoms. The molecular weight excluding hydrogens is 336 g/mol. The number of amides is 1. The Balaban J connectivity index is 1.69. The summed E-state index contributed by atoms with van der Waals surface area (Å²) in [5, 5.41) is 2.91. The molecule has 132 valence electrons. The standard InChI is InChI=1S/C23H18N2O2/c1-23(20-10-6-3-7-11-20)21(25-22(26)27-23)19-14-18(15-24-16-19)13-12-17-8-4-2-5-9-17/h2-11,14-16,21H,1H3,(H,25,26)/t21-,23?/m1/s1. The van der Waals surface area contributed by atoms with Crippen molar-refractivity contribution in [3.63, 3.8) is 0 Å². The molecule has 1 aliphatic rings. The summed E-state index contributed by atoms with van der Waals surface area (Å²) in [5.41, 5.74) is 2.69. The number of nitrogens with zero attached hydrogens (tertiary/aromatic N) is 1. The van der Waals surface area contributed by atoms with Crippen molar-refractivity contribution in [3.8, 4) is 11.8 Å². The maximum atomic E-state index is 12.0. The molecule has 1 N–H and O–H groups in total. The number of hydrogen-bond donors (Lipinski definition) is 1. The van der Waals surface area contributed by atoms with E-state index in [4.69, 9.17) is 4.74 Å². The van der Waals surface area contributed by atoms with Crippen molar-refractivity contribution >= 4 is 6.09 Å². The van der Waals surface area contributed by atoms with E-state index in [1.54, 1.807) is 12.4 Å². The number of hydrogen-bond acceptors (Lipinski definition) is 3. The predicted octanol–water partition coefficient (Wildman–Crippen LogP) is 4.18. The van der Waals surface area contributed by atoms with Crippen LogP contribution < -0.4 is 5.32 Å². The zero-order valence-corrected chi connectivity index (χ0v) is 14.8. The van der Waals surface area contributed by atoms with Gasteiger partial charge in [-0.1, -0.05) is 60.4 Å². The summed E-state index contributed by atoms with van der Waals surface area (Å²) in [5.74, 6) is 6.27. The molecule has 0 spiro atoms. The van der Waals surface area contributed by atoms with Gasteiger partial charge in [-0.2, -0.15) is 0 Å². The Hall–Kier alpha value is -3.58. The van der Waals surface area contributed by atoms with Crippen LogP contribution in [0.25, 0.3) is 0 Å². The highest BCUT2D eigenvalue weighted by molar-refractivity contribution is 5.72. The fourth-order valence-electron chi connectivity index (χ4n) is 3.28. The first-order chi connectivity index (χ1) is 13.1. The van der Waals surface area contributed by atoms with E-state index in [1.165, 1.54) is 0 Å². The zero-order chi connectivity index (χ0) is 18.7. The van der Waals surface area contributed by atoms with Gasteiger partial charge in [0.05, 0.1) is 0 Å². The lowest BCUT2D eigenvalue weighted by Gasteiger charge is -2.29. The monoisotopic (exact) mass is 354 g/mol. The number of pyridine rings is 1. The third-order valence-electron chi connectivity index (χ3n) is 4.68. The highest BCUT2D eigenvalue weighted by atomic mass is 16.6. The van der Waals surface area contributed by atoms with E-state index >= 15 is 0 Å². The normalized spacial score (nSPS) is 20.9. The molecule has 1 amide bonds. The van der Waals surface area contributed by atoms with Crippen LogP contribution in [0.5, 0.6) is 0 Å². The molecular formula is C23H18N2O2. The van der Waals surface area contributed by atoms with Crippen LogP contribution in [0, 0.1) is 11.8 Å². The van der Waals surface area contributed by atoms with E-state index in [9.17, 15) is 4.79 Å². The molecule has 3 aromatic rings. The number of carbonyl (C=O) groups is 1. The first kappa shape index (κ1) is 16.9. The fraction of sp³-hybridized carbons (Fsp3) is 0.130. The van der Waals surface area contributed by atoms with Crippen molar-refractivity contribution in [1.82, 2.24) is 10.3 Å². The maximum absolute atomic E-state index is 12.0. The number of nitrogens with one attached hydrogen (secondary N) is 1. The summed E-state index contributed by atoms with van der Waals surface area (Å²) in [6.07, 6.45) is 3.03. The van der Waals surface area contributed by atoms with Gasteiger partial charge in [-0.15, -0.1) is 0 Å². The largest absolute Gasteiger partial charge is 0.436 e. The lowest BCUT2D eigenvalue weighted by Crippen LogP contribution is -2.31. The van der Waals surface area contributed by atoms with Crippen molar-refractivity contribution < 1.29 is 9.53 Å². The van der Waals surface area contributed by atoms with Crippen LogP contribution in [0.2, 0.25) is 0 Å². The van der Waals surface area contributed by atoms with Gasteiger partial charge in [0.25, 0.3) is 0 Å². The summed E-state index contributed by atoms with van der Waals surface area (Å²) >= 11 is 0. The van der Waals surface area contributed by atoms with Crippen molar-refractivity contribution in [3.05, 3.63) is 101 Å². The molecule has 2 heterocycles. The molecule has 0 bridgehead atoms. The number of carbonyl (C=O) groups excluding carboxylic acids is 1. The van der Waals surface area contributed by atoms with E-state index in [0.717, 1.165) is 22.3 Å². The smallest absolute Gasteiger partial charge is 0.408 e. The van der Waals surface area contributed by atoms with Gasteiger partial charge < -0.3 is 10.1 Å². The van der Waals surface area contributed by atoms with E-state index < -0.39 is 11.7 Å². The van der Waals surface area contributed by atoms with Gasteiger partial charge in [0.15, 0.2) is 5.60 Å². The molecule has 1 aliphatic heterocycles. The van der Waals surface area contributed by atoms with Gasteiger partial charge in [0, 0.05) is 23.5 Å². The molecule has 2 aromatic carbocycles. The molecule has 4 heteroatoms. The molecule has 1 unspecified atom stereocenters. The Morgan fingerprint density at radius 2 is 1.63 bits per heavy atom. The van der Waals surface area contributed by atoms with Crippen LogP contribution in [0.1, 0.15) is 35.2 Å². The van der Waals surface area contributed by atoms with Crippen molar-refractivity contribution in [2.75, 3.05) is 0 Å². The average molecular weight is 354 g/mol. The Morgan fingerprint density at radius 1 is 0.963 bits per heavy atom. The van der Waals surface area contributed by atoms with Gasteiger partial charge in [0.2, 0.25) is 0 Å². The second-order valence-corrected chi connectivity index (χ2v) is 6.56. The Morgan fingerprint density at radius 3 is 2.37 bits per heavy atom. The van der Waals surface area contributed by atoms with Crippen LogP contribution in [-0.4, -0.2) is 11.1 Å². The third kappa shape index (κ3) is 3.40. The lowest BCUT2D eigenvalue weighted by atomic mass is 9.85. The topological polar surface area (TPSA) is 51.2 Å². The Kier molecular flexibility index (Phi) is 4.35. The first-order valence-electron chi connectivity index (χ1n) is 8.72. The van der Waals surface area contributed by atoms with E-state index in [-0.39, 0.29) is 6.04 Å². The van der Waals surface area contributed by atoms with Gasteiger partial charge in [-0.05, 0) is 36.2 Å². The summed E-state index contributed by atoms with van der Waals surface area (Å²) < 4.78 is 5.66. The summed E-state index contributed by atoms with van der Waals surface area (Å²) in [6, 6.07) is 21.1. The molecule has 1 fully saturated rings. The van der Waals surface area contributed by atoms with E-state index in [1.807, 2.05) is 73.7 Å². The van der Waals surface area contributed by atoms with Crippen molar-refractivity contribution in [1.29, 1.82) is 0 Å². The third-order valence-corrected chi connectivity index (χ3v) is 4.68.